The van der Waals surface area contributed by atoms with Crippen LogP contribution in [0.2, 0.25) is 0 Å². The van der Waals surface area contributed by atoms with Gasteiger partial charge < -0.3 is 19.7 Å². The number of anilines is 2. The van der Waals surface area contributed by atoms with Gasteiger partial charge in [0, 0.05) is 13.1 Å². The number of piperidine rings is 1. The molecule has 0 aliphatic carbocycles. The Hall–Kier alpha value is -2.53. The lowest BCUT2D eigenvalue weighted by Crippen LogP contribution is -2.30. The number of hydrogen-bond donors (Lipinski definition) is 1. The molecule has 0 atom stereocenters. The van der Waals surface area contributed by atoms with E-state index in [1.165, 1.54) is 19.3 Å². The van der Waals surface area contributed by atoms with E-state index < -0.39 is 0 Å². The summed E-state index contributed by atoms with van der Waals surface area (Å²) in [7, 11) is 0. The summed E-state index contributed by atoms with van der Waals surface area (Å²) in [6, 6.07) is 17.5. The monoisotopic (exact) mass is 354 g/mol. The van der Waals surface area contributed by atoms with Crippen molar-refractivity contribution < 1.29 is 14.3 Å². The van der Waals surface area contributed by atoms with Crippen molar-refractivity contribution in [1.82, 2.24) is 0 Å². The fourth-order valence-electron chi connectivity index (χ4n) is 3.08. The van der Waals surface area contributed by atoms with E-state index in [1.54, 1.807) is 0 Å². The molecule has 5 heteroatoms. The van der Waals surface area contributed by atoms with Gasteiger partial charge in [0.15, 0.2) is 0 Å². The van der Waals surface area contributed by atoms with Gasteiger partial charge in [0.05, 0.1) is 18.0 Å². The van der Waals surface area contributed by atoms with Gasteiger partial charge in [-0.1, -0.05) is 30.3 Å². The van der Waals surface area contributed by atoms with E-state index in [9.17, 15) is 4.79 Å². The molecular formula is C21H26N2O3. The lowest BCUT2D eigenvalue weighted by Gasteiger charge is -2.30. The molecule has 0 saturated carbocycles. The molecule has 1 fully saturated rings. The Bertz CT molecular complexity index is 685. The quantitative estimate of drug-likeness (QED) is 0.734. The van der Waals surface area contributed by atoms with Gasteiger partial charge in [-0.15, -0.1) is 0 Å². The summed E-state index contributed by atoms with van der Waals surface area (Å²) in [6.07, 6.45) is 3.68. The molecule has 0 unspecified atom stereocenters. The predicted octanol–water partition coefficient (Wildman–Crippen LogP) is 3.71. The Morgan fingerprint density at radius 1 is 0.923 bits per heavy atom. The summed E-state index contributed by atoms with van der Waals surface area (Å²) in [6.45, 7) is 2.89. The number of hydrogen-bond acceptors (Lipinski definition) is 4. The van der Waals surface area contributed by atoms with Gasteiger partial charge in [0.1, 0.15) is 19.0 Å². The largest absolute Gasteiger partial charge is 0.491 e. The summed E-state index contributed by atoms with van der Waals surface area (Å²) in [5.41, 5.74) is 1.94. The Balaban J connectivity index is 1.42. The molecule has 0 aromatic heterocycles. The zero-order valence-electron chi connectivity index (χ0n) is 15.0. The number of nitrogens with zero attached hydrogens (tertiary/aromatic N) is 1. The minimum Gasteiger partial charge on any atom is -0.491 e. The first-order chi connectivity index (χ1) is 12.8. The highest BCUT2D eigenvalue weighted by Crippen LogP contribution is 2.28. The molecule has 0 spiro atoms. The van der Waals surface area contributed by atoms with Crippen molar-refractivity contribution in [1.29, 1.82) is 0 Å². The van der Waals surface area contributed by atoms with Crippen LogP contribution in [0.1, 0.15) is 19.3 Å². The van der Waals surface area contributed by atoms with E-state index in [4.69, 9.17) is 9.47 Å². The van der Waals surface area contributed by atoms with Crippen molar-refractivity contribution in [2.45, 2.75) is 19.3 Å². The number of para-hydroxylation sites is 3. The normalized spacial score (nSPS) is 14.1. The number of amides is 1. The molecular weight excluding hydrogens is 328 g/mol. The first-order valence-electron chi connectivity index (χ1n) is 9.22. The Morgan fingerprint density at radius 2 is 1.65 bits per heavy atom. The Labute approximate surface area is 154 Å². The van der Waals surface area contributed by atoms with Gasteiger partial charge in [-0.3, -0.25) is 4.79 Å². The van der Waals surface area contributed by atoms with Crippen molar-refractivity contribution >= 4 is 17.3 Å². The van der Waals surface area contributed by atoms with Gasteiger partial charge in [-0.25, -0.2) is 0 Å². The summed E-state index contributed by atoms with van der Waals surface area (Å²) in [5.74, 6) is 0.658. The second kappa shape index (κ2) is 9.82. The standard InChI is InChI=1S/C21H26N2O3/c24-21(17-25-15-16-26-18-9-3-1-4-10-18)22-19-11-5-6-12-20(19)23-13-7-2-8-14-23/h1,3-6,9-12H,2,7-8,13-17H2,(H,22,24). The highest BCUT2D eigenvalue weighted by Gasteiger charge is 2.15. The number of rotatable bonds is 8. The molecule has 26 heavy (non-hydrogen) atoms. The lowest BCUT2D eigenvalue weighted by molar-refractivity contribution is -0.120. The van der Waals surface area contributed by atoms with Crippen LogP contribution in [0.15, 0.2) is 54.6 Å². The molecule has 1 N–H and O–H groups in total. The third-order valence-electron chi connectivity index (χ3n) is 4.35. The zero-order valence-corrected chi connectivity index (χ0v) is 15.0. The maximum absolute atomic E-state index is 12.2. The van der Waals surface area contributed by atoms with E-state index in [-0.39, 0.29) is 12.5 Å². The van der Waals surface area contributed by atoms with Crippen LogP contribution in [0.3, 0.4) is 0 Å². The van der Waals surface area contributed by atoms with Crippen LogP contribution < -0.4 is 15.0 Å². The molecule has 2 aromatic carbocycles. The van der Waals surface area contributed by atoms with Crippen LogP contribution in [-0.2, 0) is 9.53 Å². The van der Waals surface area contributed by atoms with E-state index in [0.717, 1.165) is 30.2 Å². The maximum atomic E-state index is 12.2. The van der Waals surface area contributed by atoms with Crippen LogP contribution in [0, 0.1) is 0 Å². The minimum absolute atomic E-state index is 0.0203. The summed E-state index contributed by atoms with van der Waals surface area (Å²) >= 11 is 0. The first-order valence-corrected chi connectivity index (χ1v) is 9.22. The number of ether oxygens (including phenoxy) is 2. The third kappa shape index (κ3) is 5.49. The fraction of sp³-hybridized carbons (Fsp3) is 0.381. The zero-order chi connectivity index (χ0) is 18.0. The molecule has 1 aliphatic rings. The van der Waals surface area contributed by atoms with Crippen molar-refractivity contribution in [2.24, 2.45) is 0 Å². The average Bonchev–Trinajstić information content (AvgIpc) is 2.70. The van der Waals surface area contributed by atoms with Crippen molar-refractivity contribution in [3.8, 4) is 5.75 Å². The molecule has 2 aromatic rings. The van der Waals surface area contributed by atoms with Crippen LogP contribution in [0.4, 0.5) is 11.4 Å². The summed E-state index contributed by atoms with van der Waals surface area (Å²) < 4.78 is 11.0. The number of nitrogens with one attached hydrogen (secondary N) is 1. The average molecular weight is 354 g/mol. The van der Waals surface area contributed by atoms with Gasteiger partial charge in [-0.05, 0) is 43.5 Å². The maximum Gasteiger partial charge on any atom is 0.250 e. The van der Waals surface area contributed by atoms with Crippen molar-refractivity contribution in [3.05, 3.63) is 54.6 Å². The SMILES string of the molecule is O=C(COCCOc1ccccc1)Nc1ccccc1N1CCCCC1. The molecule has 5 nitrogen and oxygen atoms in total. The van der Waals surface area contributed by atoms with E-state index in [2.05, 4.69) is 16.3 Å². The van der Waals surface area contributed by atoms with E-state index in [0.29, 0.717) is 13.2 Å². The molecule has 1 amide bonds. The Morgan fingerprint density at radius 3 is 2.46 bits per heavy atom. The highest BCUT2D eigenvalue weighted by molar-refractivity contribution is 5.95. The third-order valence-corrected chi connectivity index (χ3v) is 4.35. The minimum atomic E-state index is -0.144. The van der Waals surface area contributed by atoms with Gasteiger partial charge in [0.25, 0.3) is 0 Å². The number of benzene rings is 2. The molecule has 1 saturated heterocycles. The van der Waals surface area contributed by atoms with E-state index >= 15 is 0 Å². The van der Waals surface area contributed by atoms with Crippen molar-refractivity contribution in [3.63, 3.8) is 0 Å². The number of carbonyl (C=O) groups is 1. The van der Waals surface area contributed by atoms with E-state index in [1.807, 2.05) is 48.5 Å². The fourth-order valence-corrected chi connectivity index (χ4v) is 3.08. The van der Waals surface area contributed by atoms with Gasteiger partial charge >= 0.3 is 0 Å². The number of carbonyl (C=O) groups excluding carboxylic acids is 1. The lowest BCUT2D eigenvalue weighted by atomic mass is 10.1. The van der Waals surface area contributed by atoms with Gasteiger partial charge in [-0.2, -0.15) is 0 Å². The van der Waals surface area contributed by atoms with Crippen LogP contribution >= 0.6 is 0 Å². The molecule has 3 rings (SSSR count). The summed E-state index contributed by atoms with van der Waals surface area (Å²) in [4.78, 5) is 14.5. The predicted molar refractivity (Wildman–Crippen MR) is 104 cm³/mol. The highest BCUT2D eigenvalue weighted by atomic mass is 16.5. The topological polar surface area (TPSA) is 50.8 Å². The van der Waals surface area contributed by atoms with Crippen molar-refractivity contribution in [2.75, 3.05) is 43.1 Å². The first kappa shape index (κ1) is 18.3. The molecule has 0 bridgehead atoms. The van der Waals surface area contributed by atoms with Gasteiger partial charge in [0.2, 0.25) is 5.91 Å². The second-order valence-electron chi connectivity index (χ2n) is 6.33. The Kier molecular flexibility index (Phi) is 6.90. The molecule has 1 aliphatic heterocycles. The molecule has 138 valence electrons. The molecule has 0 radical (unpaired) electrons. The molecule has 1 heterocycles. The van der Waals surface area contributed by atoms with Crippen LogP contribution in [0.5, 0.6) is 5.75 Å². The van der Waals surface area contributed by atoms with Crippen LogP contribution in [-0.4, -0.2) is 38.8 Å². The summed E-state index contributed by atoms with van der Waals surface area (Å²) in [5, 5.41) is 2.97. The second-order valence-corrected chi connectivity index (χ2v) is 6.33. The van der Waals surface area contributed by atoms with Crippen LogP contribution in [0.25, 0.3) is 0 Å². The smallest absolute Gasteiger partial charge is 0.250 e.